The standard InChI is InChI=1S/C20H22N4O3S/c1-20(2,3)13-4-6-14(7-5-13)27-10-17(25)24-19-23-16(11-28-19)12-8-15(18(21)26)22-9-12/h4-9,11,22H,10H2,1-3H3,(H2,21,26)(H,23,24,25). The maximum Gasteiger partial charge on any atom is 0.265 e. The van der Waals surface area contributed by atoms with E-state index >= 15 is 0 Å². The Morgan fingerprint density at radius 2 is 1.96 bits per heavy atom. The van der Waals surface area contributed by atoms with Crippen LogP contribution in [0.5, 0.6) is 5.75 Å². The summed E-state index contributed by atoms with van der Waals surface area (Å²) in [5.74, 6) is -0.204. The molecule has 2 aromatic heterocycles. The molecular weight excluding hydrogens is 376 g/mol. The molecule has 2 amide bonds. The van der Waals surface area contributed by atoms with Crippen LogP contribution in [0.4, 0.5) is 5.13 Å². The molecule has 0 saturated carbocycles. The predicted molar refractivity (Wildman–Crippen MR) is 110 cm³/mol. The van der Waals surface area contributed by atoms with Crippen LogP contribution < -0.4 is 15.8 Å². The summed E-state index contributed by atoms with van der Waals surface area (Å²) >= 11 is 1.29. The van der Waals surface area contributed by atoms with Crippen LogP contribution in [-0.4, -0.2) is 28.4 Å². The Labute approximate surface area is 166 Å². The molecule has 0 aliphatic rings. The molecule has 146 valence electrons. The van der Waals surface area contributed by atoms with Gasteiger partial charge in [0.2, 0.25) is 0 Å². The number of aromatic nitrogens is 2. The molecule has 28 heavy (non-hydrogen) atoms. The van der Waals surface area contributed by atoms with E-state index in [0.29, 0.717) is 22.3 Å². The van der Waals surface area contributed by atoms with Gasteiger partial charge in [-0.25, -0.2) is 4.98 Å². The molecule has 4 N–H and O–H groups in total. The number of carbonyl (C=O) groups excluding carboxylic acids is 2. The van der Waals surface area contributed by atoms with Gasteiger partial charge >= 0.3 is 0 Å². The van der Waals surface area contributed by atoms with Crippen molar-refractivity contribution in [3.8, 4) is 17.0 Å². The highest BCUT2D eigenvalue weighted by Crippen LogP contribution is 2.26. The van der Waals surface area contributed by atoms with Crippen molar-refractivity contribution in [3.05, 3.63) is 53.2 Å². The van der Waals surface area contributed by atoms with E-state index in [9.17, 15) is 9.59 Å². The molecule has 0 unspecified atom stereocenters. The number of nitrogens with zero attached hydrogens (tertiary/aromatic N) is 1. The van der Waals surface area contributed by atoms with Crippen LogP contribution in [0.1, 0.15) is 36.8 Å². The van der Waals surface area contributed by atoms with E-state index in [0.717, 1.165) is 5.56 Å². The van der Waals surface area contributed by atoms with Crippen molar-refractivity contribution in [3.63, 3.8) is 0 Å². The average Bonchev–Trinajstić information content (AvgIpc) is 3.29. The molecular formula is C20H22N4O3S. The minimum absolute atomic E-state index is 0.0656. The highest BCUT2D eigenvalue weighted by atomic mass is 32.1. The Kier molecular flexibility index (Phi) is 5.51. The Hall–Kier alpha value is -3.13. The van der Waals surface area contributed by atoms with Crippen LogP contribution in [-0.2, 0) is 10.2 Å². The van der Waals surface area contributed by atoms with Gasteiger partial charge in [-0.2, -0.15) is 0 Å². The fourth-order valence-corrected chi connectivity index (χ4v) is 3.24. The number of primary amides is 1. The van der Waals surface area contributed by atoms with Crippen molar-refractivity contribution < 1.29 is 14.3 Å². The predicted octanol–water partition coefficient (Wildman–Crippen LogP) is 3.55. The summed E-state index contributed by atoms with van der Waals surface area (Å²) in [5.41, 5.74) is 8.16. The molecule has 0 fully saturated rings. The first-order valence-electron chi connectivity index (χ1n) is 8.70. The van der Waals surface area contributed by atoms with Crippen molar-refractivity contribution >= 4 is 28.3 Å². The minimum Gasteiger partial charge on any atom is -0.484 e. The number of rotatable bonds is 6. The van der Waals surface area contributed by atoms with Gasteiger partial charge in [0.05, 0.1) is 5.69 Å². The largest absolute Gasteiger partial charge is 0.484 e. The van der Waals surface area contributed by atoms with Gasteiger partial charge in [0.1, 0.15) is 11.4 Å². The summed E-state index contributed by atoms with van der Waals surface area (Å²) in [6.07, 6.45) is 1.64. The van der Waals surface area contributed by atoms with Gasteiger partial charge in [-0.15, -0.1) is 11.3 Å². The number of hydrogen-bond acceptors (Lipinski definition) is 5. The molecule has 7 nitrogen and oxygen atoms in total. The Bertz CT molecular complexity index is 984. The first kappa shape index (κ1) is 19.6. The van der Waals surface area contributed by atoms with Crippen molar-refractivity contribution in [2.75, 3.05) is 11.9 Å². The third-order valence-corrected chi connectivity index (χ3v) is 4.84. The number of benzene rings is 1. The summed E-state index contributed by atoms with van der Waals surface area (Å²) in [7, 11) is 0. The Morgan fingerprint density at radius 1 is 1.25 bits per heavy atom. The first-order chi connectivity index (χ1) is 13.2. The molecule has 3 aromatic rings. The number of H-pyrrole nitrogens is 1. The average molecular weight is 398 g/mol. The highest BCUT2D eigenvalue weighted by Gasteiger charge is 2.14. The van der Waals surface area contributed by atoms with Crippen molar-refractivity contribution in [1.82, 2.24) is 9.97 Å². The molecule has 0 saturated heterocycles. The van der Waals surface area contributed by atoms with E-state index < -0.39 is 5.91 Å². The fourth-order valence-electron chi connectivity index (χ4n) is 2.50. The molecule has 1 aromatic carbocycles. The van der Waals surface area contributed by atoms with Crippen LogP contribution in [0.25, 0.3) is 11.3 Å². The van der Waals surface area contributed by atoms with Gasteiger partial charge in [-0.3, -0.25) is 14.9 Å². The molecule has 0 aliphatic carbocycles. The number of ether oxygens (including phenoxy) is 1. The second kappa shape index (κ2) is 7.85. The molecule has 8 heteroatoms. The number of carbonyl (C=O) groups is 2. The smallest absolute Gasteiger partial charge is 0.265 e. The Balaban J connectivity index is 1.55. The molecule has 0 spiro atoms. The molecule has 0 bridgehead atoms. The van der Waals surface area contributed by atoms with Crippen LogP contribution in [0.3, 0.4) is 0 Å². The summed E-state index contributed by atoms with van der Waals surface area (Å²) in [4.78, 5) is 30.4. The van der Waals surface area contributed by atoms with Gasteiger partial charge in [-0.05, 0) is 29.2 Å². The normalized spacial score (nSPS) is 11.2. The molecule has 0 atom stereocenters. The van der Waals surface area contributed by atoms with Crippen LogP contribution in [0.2, 0.25) is 0 Å². The van der Waals surface area contributed by atoms with E-state index in [1.807, 2.05) is 24.3 Å². The SMILES string of the molecule is CC(C)(C)c1ccc(OCC(=O)Nc2nc(-c3c[nH]c(C(N)=O)c3)cs2)cc1. The summed E-state index contributed by atoms with van der Waals surface area (Å²) < 4.78 is 5.54. The fraction of sp³-hybridized carbons (Fsp3) is 0.250. The number of nitrogens with two attached hydrogens (primary N) is 1. The van der Waals surface area contributed by atoms with Crippen LogP contribution in [0.15, 0.2) is 41.9 Å². The number of amides is 2. The molecule has 3 rings (SSSR count). The number of hydrogen-bond donors (Lipinski definition) is 3. The lowest BCUT2D eigenvalue weighted by Crippen LogP contribution is -2.20. The number of nitrogens with one attached hydrogen (secondary N) is 2. The van der Waals surface area contributed by atoms with Gasteiger partial charge in [-0.1, -0.05) is 32.9 Å². The third kappa shape index (κ3) is 4.77. The van der Waals surface area contributed by atoms with Crippen LogP contribution >= 0.6 is 11.3 Å². The monoisotopic (exact) mass is 398 g/mol. The van der Waals surface area contributed by atoms with Crippen molar-refractivity contribution in [1.29, 1.82) is 0 Å². The first-order valence-corrected chi connectivity index (χ1v) is 9.57. The van der Waals surface area contributed by atoms with E-state index in [2.05, 4.69) is 36.1 Å². The Morgan fingerprint density at radius 3 is 2.57 bits per heavy atom. The maximum atomic E-state index is 12.1. The summed E-state index contributed by atoms with van der Waals surface area (Å²) in [5, 5.41) is 4.95. The summed E-state index contributed by atoms with van der Waals surface area (Å²) in [6.45, 7) is 6.31. The van der Waals surface area contributed by atoms with Gasteiger partial charge in [0, 0.05) is 17.1 Å². The maximum absolute atomic E-state index is 12.1. The topological polar surface area (TPSA) is 110 Å². The number of anilines is 1. The third-order valence-electron chi connectivity index (χ3n) is 4.09. The second-order valence-electron chi connectivity index (χ2n) is 7.32. The minimum atomic E-state index is -0.539. The second-order valence-corrected chi connectivity index (χ2v) is 8.17. The lowest BCUT2D eigenvalue weighted by Gasteiger charge is -2.19. The number of thiazole rings is 1. The zero-order chi connectivity index (χ0) is 20.3. The quantitative estimate of drug-likeness (QED) is 0.590. The lowest BCUT2D eigenvalue weighted by molar-refractivity contribution is -0.118. The van der Waals surface area contributed by atoms with Crippen molar-refractivity contribution in [2.45, 2.75) is 26.2 Å². The number of aromatic amines is 1. The van der Waals surface area contributed by atoms with E-state index in [1.54, 1.807) is 17.6 Å². The molecule has 0 radical (unpaired) electrons. The lowest BCUT2D eigenvalue weighted by atomic mass is 9.87. The van der Waals surface area contributed by atoms with E-state index in [4.69, 9.17) is 10.5 Å². The van der Waals surface area contributed by atoms with Crippen LogP contribution in [0, 0.1) is 0 Å². The van der Waals surface area contributed by atoms with E-state index in [1.165, 1.54) is 16.9 Å². The summed E-state index contributed by atoms with van der Waals surface area (Å²) in [6, 6.07) is 9.33. The highest BCUT2D eigenvalue weighted by molar-refractivity contribution is 7.14. The zero-order valence-corrected chi connectivity index (χ0v) is 16.7. The van der Waals surface area contributed by atoms with Gasteiger partial charge < -0.3 is 15.5 Å². The molecule has 0 aliphatic heterocycles. The van der Waals surface area contributed by atoms with Gasteiger partial charge in [0.15, 0.2) is 11.7 Å². The van der Waals surface area contributed by atoms with Crippen molar-refractivity contribution in [2.24, 2.45) is 5.73 Å². The zero-order valence-electron chi connectivity index (χ0n) is 15.9. The van der Waals surface area contributed by atoms with Gasteiger partial charge in [0.25, 0.3) is 11.8 Å². The van der Waals surface area contributed by atoms with E-state index in [-0.39, 0.29) is 17.9 Å². The molecule has 2 heterocycles.